The summed E-state index contributed by atoms with van der Waals surface area (Å²) in [6.07, 6.45) is -0.775. The van der Waals surface area contributed by atoms with E-state index in [9.17, 15) is 21.6 Å². The molecule has 118 valence electrons. The monoisotopic (exact) mass is 325 g/mol. The quantitative estimate of drug-likeness (QED) is 0.896. The predicted octanol–water partition coefficient (Wildman–Crippen LogP) is 0.874. The van der Waals surface area contributed by atoms with Crippen LogP contribution >= 0.6 is 0 Å². The predicted molar refractivity (Wildman–Crippen MR) is 66.5 cm³/mol. The third-order valence-corrected chi connectivity index (χ3v) is 5.21. The van der Waals surface area contributed by atoms with Gasteiger partial charge in [0.05, 0.1) is 19.3 Å². The second kappa shape index (κ2) is 5.91. The van der Waals surface area contributed by atoms with Crippen molar-refractivity contribution < 1.29 is 31.4 Å². The fourth-order valence-corrected chi connectivity index (χ4v) is 3.87. The van der Waals surface area contributed by atoms with Gasteiger partial charge in [0.15, 0.2) is 4.90 Å². The fourth-order valence-electron chi connectivity index (χ4n) is 2.13. The molecule has 0 bridgehead atoms. The largest absolute Gasteiger partial charge is 0.394 e. The van der Waals surface area contributed by atoms with E-state index in [0.717, 1.165) is 4.31 Å². The van der Waals surface area contributed by atoms with E-state index in [0.29, 0.717) is 12.1 Å². The molecule has 0 aliphatic carbocycles. The fraction of sp³-hybridized carbons (Fsp3) is 0.500. The number of benzene rings is 1. The Morgan fingerprint density at radius 3 is 2.43 bits per heavy atom. The maximum absolute atomic E-state index is 13.7. The SMILES string of the molecule is CC1COC(CO)CN1S(=O)(=O)c1c(F)cc(F)cc1F. The number of hydrogen-bond donors (Lipinski definition) is 1. The molecule has 0 amide bonds. The first-order valence-corrected chi connectivity index (χ1v) is 7.60. The number of hydrogen-bond acceptors (Lipinski definition) is 4. The summed E-state index contributed by atoms with van der Waals surface area (Å²) in [7, 11) is -4.51. The lowest BCUT2D eigenvalue weighted by molar-refractivity contribution is -0.0517. The highest BCUT2D eigenvalue weighted by atomic mass is 32.2. The lowest BCUT2D eigenvalue weighted by Crippen LogP contribution is -2.52. The third kappa shape index (κ3) is 3.05. The Morgan fingerprint density at radius 1 is 1.33 bits per heavy atom. The summed E-state index contributed by atoms with van der Waals surface area (Å²) in [4.78, 5) is -1.20. The lowest BCUT2D eigenvalue weighted by atomic mass is 10.2. The number of rotatable bonds is 3. The number of ether oxygens (including phenoxy) is 1. The van der Waals surface area contributed by atoms with Gasteiger partial charge in [0, 0.05) is 24.7 Å². The van der Waals surface area contributed by atoms with Crippen LogP contribution in [-0.4, -0.2) is 49.7 Å². The van der Waals surface area contributed by atoms with Crippen molar-refractivity contribution in [2.24, 2.45) is 0 Å². The molecule has 0 radical (unpaired) electrons. The molecule has 1 heterocycles. The molecule has 1 aliphatic heterocycles. The van der Waals surface area contributed by atoms with Crippen LogP contribution in [-0.2, 0) is 14.8 Å². The molecule has 1 fully saturated rings. The van der Waals surface area contributed by atoms with Gasteiger partial charge in [0.1, 0.15) is 17.5 Å². The molecule has 2 rings (SSSR count). The minimum absolute atomic E-state index is 0.0190. The Labute approximate surface area is 120 Å². The Balaban J connectivity index is 2.46. The zero-order chi connectivity index (χ0) is 15.8. The van der Waals surface area contributed by atoms with Crippen LogP contribution < -0.4 is 0 Å². The first kappa shape index (κ1) is 16.2. The summed E-state index contributed by atoms with van der Waals surface area (Å²) in [5, 5.41) is 9.03. The lowest BCUT2D eigenvalue weighted by Gasteiger charge is -2.36. The second-order valence-corrected chi connectivity index (χ2v) is 6.59. The van der Waals surface area contributed by atoms with Gasteiger partial charge in [-0.3, -0.25) is 0 Å². The molecule has 1 aromatic carbocycles. The second-order valence-electron chi connectivity index (χ2n) is 4.76. The van der Waals surface area contributed by atoms with E-state index in [1.165, 1.54) is 6.92 Å². The van der Waals surface area contributed by atoms with E-state index in [1.54, 1.807) is 0 Å². The van der Waals surface area contributed by atoms with Crippen LogP contribution in [0, 0.1) is 17.5 Å². The number of sulfonamides is 1. The van der Waals surface area contributed by atoms with Crippen LogP contribution in [0.2, 0.25) is 0 Å². The molecule has 0 aromatic heterocycles. The zero-order valence-electron chi connectivity index (χ0n) is 11.1. The topological polar surface area (TPSA) is 66.8 Å². The average Bonchev–Trinajstić information content (AvgIpc) is 2.37. The third-order valence-electron chi connectivity index (χ3n) is 3.18. The van der Waals surface area contributed by atoms with E-state index in [2.05, 4.69) is 0 Å². The van der Waals surface area contributed by atoms with E-state index in [4.69, 9.17) is 9.84 Å². The van der Waals surface area contributed by atoms with Crippen LogP contribution in [0.5, 0.6) is 0 Å². The van der Waals surface area contributed by atoms with Crippen molar-refractivity contribution in [3.63, 3.8) is 0 Å². The van der Waals surface area contributed by atoms with Gasteiger partial charge in [-0.25, -0.2) is 21.6 Å². The first-order chi connectivity index (χ1) is 9.77. The minimum Gasteiger partial charge on any atom is -0.394 e. The standard InChI is InChI=1S/C12H14F3NO4S/c1-7-6-20-9(5-17)4-16(7)21(18,19)12-10(14)2-8(13)3-11(12)15/h2-3,7,9,17H,4-6H2,1H3. The molecule has 2 atom stereocenters. The molecule has 21 heavy (non-hydrogen) atoms. The van der Waals surface area contributed by atoms with Crippen LogP contribution in [0.4, 0.5) is 13.2 Å². The summed E-state index contributed by atoms with van der Waals surface area (Å²) in [6.45, 7) is 0.822. The maximum Gasteiger partial charge on any atom is 0.249 e. The summed E-state index contributed by atoms with van der Waals surface area (Å²) in [5.41, 5.74) is 0. The van der Waals surface area contributed by atoms with Crippen molar-refractivity contribution in [3.8, 4) is 0 Å². The van der Waals surface area contributed by atoms with Crippen molar-refractivity contribution in [3.05, 3.63) is 29.6 Å². The summed E-state index contributed by atoms with van der Waals surface area (Å²) < 4.78 is 71.1. The molecule has 1 aromatic rings. The van der Waals surface area contributed by atoms with Gasteiger partial charge in [-0.2, -0.15) is 4.31 Å². The Kier molecular flexibility index (Phi) is 4.57. The van der Waals surface area contributed by atoms with Gasteiger partial charge in [0.25, 0.3) is 0 Å². The highest BCUT2D eigenvalue weighted by molar-refractivity contribution is 7.89. The van der Waals surface area contributed by atoms with Crippen molar-refractivity contribution >= 4 is 10.0 Å². The Bertz CT molecular complexity index is 614. The summed E-state index contributed by atoms with van der Waals surface area (Å²) in [6, 6.07) is -0.0449. The van der Waals surface area contributed by atoms with Crippen LogP contribution in [0.25, 0.3) is 0 Å². The summed E-state index contributed by atoms with van der Waals surface area (Å²) in [5.74, 6) is -4.19. The molecule has 1 saturated heterocycles. The molecule has 0 saturated carbocycles. The van der Waals surface area contributed by atoms with E-state index in [1.807, 2.05) is 0 Å². The van der Waals surface area contributed by atoms with Gasteiger partial charge < -0.3 is 9.84 Å². The number of halogens is 3. The maximum atomic E-state index is 13.7. The molecular weight excluding hydrogens is 311 g/mol. The van der Waals surface area contributed by atoms with Gasteiger partial charge in [0.2, 0.25) is 10.0 Å². The first-order valence-electron chi connectivity index (χ1n) is 6.16. The van der Waals surface area contributed by atoms with E-state index >= 15 is 0 Å². The van der Waals surface area contributed by atoms with Gasteiger partial charge in [-0.15, -0.1) is 0 Å². The normalized spacial score (nSPS) is 24.2. The number of nitrogens with zero attached hydrogens (tertiary/aromatic N) is 1. The van der Waals surface area contributed by atoms with Crippen molar-refractivity contribution in [2.45, 2.75) is 24.0 Å². The molecule has 9 heteroatoms. The van der Waals surface area contributed by atoms with Crippen LogP contribution in [0.3, 0.4) is 0 Å². The van der Waals surface area contributed by atoms with E-state index < -0.39 is 51.1 Å². The molecule has 0 spiro atoms. The van der Waals surface area contributed by atoms with Crippen LogP contribution in [0.1, 0.15) is 6.92 Å². The minimum atomic E-state index is -4.51. The number of aliphatic hydroxyl groups is 1. The molecule has 2 unspecified atom stereocenters. The van der Waals surface area contributed by atoms with Crippen LogP contribution in [0.15, 0.2) is 17.0 Å². The smallest absolute Gasteiger partial charge is 0.249 e. The van der Waals surface area contributed by atoms with Gasteiger partial charge in [-0.05, 0) is 6.92 Å². The molecular formula is C12H14F3NO4S. The van der Waals surface area contributed by atoms with E-state index in [-0.39, 0.29) is 13.2 Å². The molecule has 5 nitrogen and oxygen atoms in total. The zero-order valence-corrected chi connectivity index (χ0v) is 11.9. The highest BCUT2D eigenvalue weighted by Crippen LogP contribution is 2.27. The van der Waals surface area contributed by atoms with Crippen molar-refractivity contribution in [2.75, 3.05) is 19.8 Å². The number of morpholine rings is 1. The number of aliphatic hydroxyl groups excluding tert-OH is 1. The summed E-state index contributed by atoms with van der Waals surface area (Å²) >= 11 is 0. The van der Waals surface area contributed by atoms with Gasteiger partial charge >= 0.3 is 0 Å². The Hall–Kier alpha value is -1.16. The van der Waals surface area contributed by atoms with Crippen molar-refractivity contribution in [1.82, 2.24) is 4.31 Å². The molecule has 1 N–H and O–H groups in total. The highest BCUT2D eigenvalue weighted by Gasteiger charge is 2.38. The van der Waals surface area contributed by atoms with Crippen molar-refractivity contribution in [1.29, 1.82) is 0 Å². The van der Waals surface area contributed by atoms with Gasteiger partial charge in [-0.1, -0.05) is 0 Å². The Morgan fingerprint density at radius 2 is 1.90 bits per heavy atom. The molecule has 1 aliphatic rings. The average molecular weight is 325 g/mol.